The van der Waals surface area contributed by atoms with Crippen LogP contribution in [0.25, 0.3) is 22.0 Å². The van der Waals surface area contributed by atoms with Crippen molar-refractivity contribution in [3.63, 3.8) is 0 Å². The van der Waals surface area contributed by atoms with Gasteiger partial charge in [-0.2, -0.15) is 0 Å². The second-order valence-corrected chi connectivity index (χ2v) is 9.10. The van der Waals surface area contributed by atoms with Crippen molar-refractivity contribution in [2.24, 2.45) is 0 Å². The number of aromatic nitrogens is 1. The molecule has 0 bridgehead atoms. The first kappa shape index (κ1) is 25.8. The summed E-state index contributed by atoms with van der Waals surface area (Å²) in [6.45, 7) is 7.61. The lowest BCUT2D eigenvalue weighted by Crippen LogP contribution is -2.46. The van der Waals surface area contributed by atoms with Crippen LogP contribution in [0, 0.1) is 0 Å². The Hall–Kier alpha value is -1.85. The van der Waals surface area contributed by atoms with Gasteiger partial charge in [-0.3, -0.25) is 0 Å². The van der Waals surface area contributed by atoms with Crippen LogP contribution in [0.15, 0.2) is 54.6 Å². The van der Waals surface area contributed by atoms with Crippen LogP contribution >= 0.6 is 24.8 Å². The fourth-order valence-corrected chi connectivity index (χ4v) is 5.18. The highest BCUT2D eigenvalue weighted by molar-refractivity contribution is 5.95. The highest BCUT2D eigenvalue weighted by atomic mass is 35.5. The summed E-state index contributed by atoms with van der Waals surface area (Å²) in [7, 11) is 0. The lowest BCUT2D eigenvalue weighted by Gasteiger charge is -2.35. The molecule has 1 aliphatic heterocycles. The van der Waals surface area contributed by atoms with E-state index in [1.807, 2.05) is 0 Å². The van der Waals surface area contributed by atoms with E-state index in [0.717, 1.165) is 69.9 Å². The van der Waals surface area contributed by atoms with Crippen LogP contribution in [0.2, 0.25) is 0 Å². The molecule has 1 saturated carbocycles. The molecule has 1 saturated heterocycles. The average Bonchev–Trinajstić information content (AvgIpc) is 2.84. The second-order valence-electron chi connectivity index (χ2n) is 9.10. The first-order valence-electron chi connectivity index (χ1n) is 11.9. The summed E-state index contributed by atoms with van der Waals surface area (Å²) in [4.78, 5) is 10.1. The lowest BCUT2D eigenvalue weighted by molar-refractivity contribution is 0.122. The molecule has 2 fully saturated rings. The fourth-order valence-electron chi connectivity index (χ4n) is 5.18. The monoisotopic (exact) mass is 487 g/mol. The molecule has 33 heavy (non-hydrogen) atoms. The van der Waals surface area contributed by atoms with Gasteiger partial charge in [0.2, 0.25) is 0 Å². The van der Waals surface area contributed by atoms with Crippen LogP contribution in [0.3, 0.4) is 0 Å². The summed E-state index contributed by atoms with van der Waals surface area (Å²) in [5.41, 5.74) is 3.63. The maximum absolute atomic E-state index is 9.80. The average molecular weight is 489 g/mol. The molecule has 2 aliphatic rings. The van der Waals surface area contributed by atoms with Gasteiger partial charge < -0.3 is 14.9 Å². The van der Waals surface area contributed by atoms with E-state index in [1.165, 1.54) is 21.9 Å². The van der Waals surface area contributed by atoms with E-state index in [1.54, 1.807) is 0 Å². The molecule has 0 unspecified atom stereocenters. The maximum Gasteiger partial charge on any atom is 0.137 e. The van der Waals surface area contributed by atoms with E-state index >= 15 is 0 Å². The standard InChI is InChI=1S/C27H33N3O.2ClH/c1-2-29-15-17-30(18-16-29)27-25-6-4-3-5-23(25)19-26(28-27)22-9-7-20(8-10-22)21-11-13-24(31)14-12-21;;/h3-10,19,21,24,31H,2,11-18H2,1H3;2*1H/t21-,24+;;. The molecule has 2 heterocycles. The molecular formula is C27H35Cl2N3O. The number of halogens is 2. The Labute approximate surface area is 209 Å². The zero-order valence-electron chi connectivity index (χ0n) is 19.3. The number of nitrogens with zero attached hydrogens (tertiary/aromatic N) is 3. The van der Waals surface area contributed by atoms with Gasteiger partial charge in [0, 0.05) is 37.1 Å². The summed E-state index contributed by atoms with van der Waals surface area (Å²) in [6.07, 6.45) is 3.92. The minimum absolute atomic E-state index is 0. The van der Waals surface area contributed by atoms with Crippen molar-refractivity contribution in [1.29, 1.82) is 0 Å². The summed E-state index contributed by atoms with van der Waals surface area (Å²) in [6, 6.07) is 19.9. The number of anilines is 1. The van der Waals surface area contributed by atoms with E-state index in [4.69, 9.17) is 4.98 Å². The minimum atomic E-state index is -0.102. The molecule has 0 spiro atoms. The highest BCUT2D eigenvalue weighted by Gasteiger charge is 2.22. The number of aliphatic hydroxyl groups excluding tert-OH is 1. The SMILES string of the molecule is CCN1CCN(c2nc(-c3ccc([C@H]4CC[C@@H](O)CC4)cc3)cc3ccccc23)CC1.Cl.Cl. The normalized spacial score (nSPS) is 21.3. The number of likely N-dealkylation sites (N-methyl/N-ethyl adjacent to an activating group) is 1. The topological polar surface area (TPSA) is 39.6 Å². The number of aliphatic hydroxyl groups is 1. The smallest absolute Gasteiger partial charge is 0.137 e. The van der Waals surface area contributed by atoms with Crippen molar-refractivity contribution < 1.29 is 5.11 Å². The van der Waals surface area contributed by atoms with Crippen molar-refractivity contribution >= 4 is 41.4 Å². The molecule has 4 nitrogen and oxygen atoms in total. The van der Waals surface area contributed by atoms with Crippen molar-refractivity contribution in [1.82, 2.24) is 9.88 Å². The Bertz CT molecular complexity index is 1030. The Morgan fingerprint density at radius 2 is 1.55 bits per heavy atom. The molecule has 6 heteroatoms. The molecular weight excluding hydrogens is 453 g/mol. The van der Waals surface area contributed by atoms with Gasteiger partial charge >= 0.3 is 0 Å². The Morgan fingerprint density at radius 1 is 0.879 bits per heavy atom. The second kappa shape index (κ2) is 11.5. The van der Waals surface area contributed by atoms with Crippen molar-refractivity contribution in [3.05, 3.63) is 60.2 Å². The fraction of sp³-hybridized carbons (Fsp3) is 0.444. The number of rotatable bonds is 4. The van der Waals surface area contributed by atoms with Gasteiger partial charge in [-0.25, -0.2) is 4.98 Å². The number of piperazine rings is 1. The molecule has 1 aliphatic carbocycles. The van der Waals surface area contributed by atoms with Gasteiger partial charge in [-0.15, -0.1) is 24.8 Å². The van der Waals surface area contributed by atoms with E-state index in [0.29, 0.717) is 5.92 Å². The van der Waals surface area contributed by atoms with Gasteiger partial charge in [0.25, 0.3) is 0 Å². The summed E-state index contributed by atoms with van der Waals surface area (Å²) in [5.74, 6) is 1.70. The number of hydrogen-bond acceptors (Lipinski definition) is 4. The van der Waals surface area contributed by atoms with Crippen LogP contribution in [0.5, 0.6) is 0 Å². The van der Waals surface area contributed by atoms with Gasteiger partial charge in [0.1, 0.15) is 5.82 Å². The minimum Gasteiger partial charge on any atom is -0.393 e. The molecule has 1 N–H and O–H groups in total. The third kappa shape index (κ3) is 5.63. The third-order valence-electron chi connectivity index (χ3n) is 7.21. The Morgan fingerprint density at radius 3 is 2.21 bits per heavy atom. The molecule has 0 radical (unpaired) electrons. The first-order valence-corrected chi connectivity index (χ1v) is 11.9. The van der Waals surface area contributed by atoms with Crippen molar-refractivity contribution in [2.45, 2.75) is 44.6 Å². The Kier molecular flexibility index (Phi) is 9.00. The molecule has 178 valence electrons. The number of pyridine rings is 1. The lowest BCUT2D eigenvalue weighted by atomic mass is 9.82. The predicted molar refractivity (Wildman–Crippen MR) is 143 cm³/mol. The maximum atomic E-state index is 9.80. The van der Waals surface area contributed by atoms with Gasteiger partial charge in [0.15, 0.2) is 0 Å². The third-order valence-corrected chi connectivity index (χ3v) is 7.21. The largest absolute Gasteiger partial charge is 0.393 e. The van der Waals surface area contributed by atoms with Crippen molar-refractivity contribution in [3.8, 4) is 11.3 Å². The van der Waals surface area contributed by atoms with E-state index < -0.39 is 0 Å². The first-order chi connectivity index (χ1) is 15.2. The summed E-state index contributed by atoms with van der Waals surface area (Å²) >= 11 is 0. The summed E-state index contributed by atoms with van der Waals surface area (Å²) in [5, 5.41) is 12.3. The van der Waals surface area contributed by atoms with Crippen LogP contribution < -0.4 is 4.90 Å². The van der Waals surface area contributed by atoms with Crippen molar-refractivity contribution in [2.75, 3.05) is 37.6 Å². The molecule has 2 aromatic carbocycles. The summed E-state index contributed by atoms with van der Waals surface area (Å²) < 4.78 is 0. The van der Waals surface area contributed by atoms with Crippen LogP contribution in [-0.2, 0) is 0 Å². The molecule has 1 aromatic heterocycles. The number of benzene rings is 2. The highest BCUT2D eigenvalue weighted by Crippen LogP contribution is 2.35. The molecule has 0 atom stereocenters. The predicted octanol–water partition coefficient (Wildman–Crippen LogP) is 5.91. The molecule has 3 aromatic rings. The number of fused-ring (bicyclic) bond motifs is 1. The zero-order valence-corrected chi connectivity index (χ0v) is 21.0. The van der Waals surface area contributed by atoms with Gasteiger partial charge in [-0.05, 0) is 55.2 Å². The number of hydrogen-bond donors (Lipinski definition) is 1. The van der Waals surface area contributed by atoms with Crippen LogP contribution in [0.4, 0.5) is 5.82 Å². The van der Waals surface area contributed by atoms with Gasteiger partial charge in [0.05, 0.1) is 11.8 Å². The van der Waals surface area contributed by atoms with E-state index in [9.17, 15) is 5.11 Å². The van der Waals surface area contributed by atoms with Crippen LogP contribution in [0.1, 0.15) is 44.1 Å². The zero-order chi connectivity index (χ0) is 21.2. The molecule has 5 rings (SSSR count). The van der Waals surface area contributed by atoms with Crippen LogP contribution in [-0.4, -0.2) is 53.8 Å². The van der Waals surface area contributed by atoms with Gasteiger partial charge in [-0.1, -0.05) is 55.5 Å². The quantitative estimate of drug-likeness (QED) is 0.496. The Balaban J connectivity index is 0.00000153. The van der Waals surface area contributed by atoms with E-state index in [2.05, 4.69) is 71.3 Å². The molecule has 0 amide bonds. The van der Waals surface area contributed by atoms with E-state index in [-0.39, 0.29) is 30.9 Å².